The van der Waals surface area contributed by atoms with Crippen LogP contribution in [0.4, 0.5) is 24.5 Å². The van der Waals surface area contributed by atoms with E-state index >= 15 is 0 Å². The van der Waals surface area contributed by atoms with Crippen LogP contribution in [0.5, 0.6) is 11.5 Å². The number of alkyl halides is 3. The van der Waals surface area contributed by atoms with Gasteiger partial charge in [-0.15, -0.1) is 0 Å². The number of amides is 1. The first-order valence-electron chi connectivity index (χ1n) is 12.6. The molecule has 1 atom stereocenters. The predicted octanol–water partition coefficient (Wildman–Crippen LogP) is 4.22. The first-order valence-corrected chi connectivity index (χ1v) is 12.6. The third-order valence-electron chi connectivity index (χ3n) is 7.16. The van der Waals surface area contributed by atoms with E-state index in [1.165, 1.54) is 39.5 Å². The zero-order valence-corrected chi connectivity index (χ0v) is 21.8. The Labute approximate surface area is 223 Å². The molecule has 2 aliphatic heterocycles. The summed E-state index contributed by atoms with van der Waals surface area (Å²) in [6.07, 6.45) is -2.01. The molecule has 1 amide bonds. The standard InChI is InChI=1S/C28H29F3N4O4/c1-16(36)33-18-7-9-34(14-18)19-4-5-24(28(29,30)31)25(12-19)35-15-23(22-6-8-32-26(22)27(35)37)17-10-20(38-2)13-21(11-17)39-3/h4-5,10-13,15,18,32H,6-9,14H2,1-3H3,(H,33,36)/t18-/m1/s1. The Kier molecular flexibility index (Phi) is 6.92. The van der Waals surface area contributed by atoms with Crippen molar-refractivity contribution >= 4 is 17.3 Å². The summed E-state index contributed by atoms with van der Waals surface area (Å²) < 4.78 is 54.6. The molecule has 1 saturated heterocycles. The minimum Gasteiger partial charge on any atom is -0.497 e. The Hall–Kier alpha value is -4.15. The van der Waals surface area contributed by atoms with Crippen molar-refractivity contribution in [3.8, 4) is 28.3 Å². The Morgan fingerprint density at radius 3 is 2.46 bits per heavy atom. The third kappa shape index (κ3) is 5.13. The van der Waals surface area contributed by atoms with Gasteiger partial charge in [0.15, 0.2) is 0 Å². The number of nitrogens with zero attached hydrogens (tertiary/aromatic N) is 2. The number of hydrogen-bond donors (Lipinski definition) is 2. The highest BCUT2D eigenvalue weighted by Crippen LogP contribution is 2.39. The molecule has 0 radical (unpaired) electrons. The maximum Gasteiger partial charge on any atom is 0.418 e. The fraction of sp³-hybridized carbons (Fsp3) is 0.357. The summed E-state index contributed by atoms with van der Waals surface area (Å²) in [5.74, 6) is 0.874. The summed E-state index contributed by atoms with van der Waals surface area (Å²) >= 11 is 0. The van der Waals surface area contributed by atoms with E-state index in [0.29, 0.717) is 60.8 Å². The van der Waals surface area contributed by atoms with E-state index in [0.717, 1.165) is 16.2 Å². The molecular weight excluding hydrogens is 513 g/mol. The molecule has 3 heterocycles. The monoisotopic (exact) mass is 542 g/mol. The smallest absolute Gasteiger partial charge is 0.418 e. The van der Waals surface area contributed by atoms with Crippen molar-refractivity contribution in [3.05, 3.63) is 64.1 Å². The van der Waals surface area contributed by atoms with Crippen molar-refractivity contribution in [2.24, 2.45) is 0 Å². The molecule has 0 spiro atoms. The van der Waals surface area contributed by atoms with Gasteiger partial charge in [-0.2, -0.15) is 13.2 Å². The fourth-order valence-electron chi connectivity index (χ4n) is 5.35. The molecule has 0 unspecified atom stereocenters. The number of anilines is 2. The second-order valence-corrected chi connectivity index (χ2v) is 9.68. The van der Waals surface area contributed by atoms with E-state index in [9.17, 15) is 22.8 Å². The summed E-state index contributed by atoms with van der Waals surface area (Å²) in [4.78, 5) is 27.0. The van der Waals surface area contributed by atoms with E-state index in [1.807, 2.05) is 4.90 Å². The molecule has 8 nitrogen and oxygen atoms in total. The van der Waals surface area contributed by atoms with Crippen LogP contribution in [0.15, 0.2) is 47.4 Å². The van der Waals surface area contributed by atoms with Gasteiger partial charge in [-0.1, -0.05) is 0 Å². The minimum atomic E-state index is -4.69. The number of benzene rings is 2. The van der Waals surface area contributed by atoms with Crippen LogP contribution >= 0.6 is 0 Å². The highest BCUT2D eigenvalue weighted by atomic mass is 19.4. The molecule has 5 rings (SSSR count). The van der Waals surface area contributed by atoms with Crippen molar-refractivity contribution < 1.29 is 27.4 Å². The van der Waals surface area contributed by atoms with Gasteiger partial charge in [-0.25, -0.2) is 0 Å². The zero-order chi connectivity index (χ0) is 27.9. The van der Waals surface area contributed by atoms with Crippen molar-refractivity contribution in [2.45, 2.75) is 32.0 Å². The van der Waals surface area contributed by atoms with Gasteiger partial charge in [0.05, 0.1) is 25.5 Å². The van der Waals surface area contributed by atoms with Crippen molar-refractivity contribution in [3.63, 3.8) is 0 Å². The molecule has 2 aliphatic rings. The first kappa shape index (κ1) is 26.5. The largest absolute Gasteiger partial charge is 0.497 e. The number of pyridine rings is 1. The molecule has 3 aromatic rings. The Bertz CT molecular complexity index is 1460. The highest BCUT2D eigenvalue weighted by molar-refractivity contribution is 5.77. The number of rotatable bonds is 6. The van der Waals surface area contributed by atoms with Gasteiger partial charge in [0.1, 0.15) is 17.2 Å². The van der Waals surface area contributed by atoms with Gasteiger partial charge in [0.25, 0.3) is 5.56 Å². The molecule has 1 fully saturated rings. The highest BCUT2D eigenvalue weighted by Gasteiger charge is 2.36. The first-order chi connectivity index (χ1) is 18.6. The SMILES string of the molecule is COc1cc(OC)cc(-c2cn(-c3cc(N4CC[C@@H](NC(C)=O)C4)ccc3C(F)(F)F)c(=O)c3c2CCN3)c1. The average molecular weight is 543 g/mol. The van der Waals surface area contributed by atoms with E-state index in [-0.39, 0.29) is 23.3 Å². The van der Waals surface area contributed by atoms with E-state index in [4.69, 9.17) is 9.47 Å². The number of halogens is 3. The van der Waals surface area contributed by atoms with Crippen LogP contribution in [0.25, 0.3) is 16.8 Å². The summed E-state index contributed by atoms with van der Waals surface area (Å²) in [5.41, 5.74) is 1.07. The van der Waals surface area contributed by atoms with Crippen molar-refractivity contribution in [1.82, 2.24) is 9.88 Å². The molecule has 0 aliphatic carbocycles. The van der Waals surface area contributed by atoms with Gasteiger partial charge in [-0.05, 0) is 54.3 Å². The molecule has 2 aromatic carbocycles. The lowest BCUT2D eigenvalue weighted by Crippen LogP contribution is -2.35. The van der Waals surface area contributed by atoms with Crippen LogP contribution in [0.1, 0.15) is 24.5 Å². The Balaban J connectivity index is 1.68. The normalized spacial score (nSPS) is 16.6. The summed E-state index contributed by atoms with van der Waals surface area (Å²) in [7, 11) is 3.03. The number of fused-ring (bicyclic) bond motifs is 1. The zero-order valence-electron chi connectivity index (χ0n) is 21.8. The van der Waals surface area contributed by atoms with Crippen LogP contribution < -0.4 is 30.6 Å². The molecule has 0 bridgehead atoms. The van der Waals surface area contributed by atoms with Gasteiger partial charge in [0, 0.05) is 56.1 Å². The molecule has 206 valence electrons. The van der Waals surface area contributed by atoms with Crippen LogP contribution in [0.3, 0.4) is 0 Å². The van der Waals surface area contributed by atoms with Crippen molar-refractivity contribution in [2.75, 3.05) is 44.1 Å². The number of nitrogens with one attached hydrogen (secondary N) is 2. The molecule has 1 aromatic heterocycles. The van der Waals surface area contributed by atoms with Gasteiger partial charge >= 0.3 is 6.18 Å². The Morgan fingerprint density at radius 2 is 1.82 bits per heavy atom. The number of carbonyl (C=O) groups is 1. The van der Waals surface area contributed by atoms with E-state index in [2.05, 4.69) is 10.6 Å². The predicted molar refractivity (Wildman–Crippen MR) is 142 cm³/mol. The average Bonchev–Trinajstić information content (AvgIpc) is 3.58. The van der Waals surface area contributed by atoms with Crippen LogP contribution in [-0.4, -0.2) is 50.4 Å². The maximum atomic E-state index is 14.3. The summed E-state index contributed by atoms with van der Waals surface area (Å²) in [6, 6.07) is 8.95. The number of methoxy groups -OCH3 is 2. The lowest BCUT2D eigenvalue weighted by Gasteiger charge is -2.23. The minimum absolute atomic E-state index is 0.102. The fourth-order valence-corrected chi connectivity index (χ4v) is 5.35. The second-order valence-electron chi connectivity index (χ2n) is 9.68. The molecule has 11 heteroatoms. The Morgan fingerprint density at radius 1 is 1.10 bits per heavy atom. The van der Waals surface area contributed by atoms with Gasteiger partial charge in [0.2, 0.25) is 5.91 Å². The molecule has 2 N–H and O–H groups in total. The summed E-state index contributed by atoms with van der Waals surface area (Å²) in [5, 5.41) is 5.93. The van der Waals surface area contributed by atoms with E-state index in [1.54, 1.807) is 18.2 Å². The van der Waals surface area contributed by atoms with E-state index < -0.39 is 17.3 Å². The third-order valence-corrected chi connectivity index (χ3v) is 7.16. The summed E-state index contributed by atoms with van der Waals surface area (Å²) in [6.45, 7) is 2.95. The lowest BCUT2D eigenvalue weighted by molar-refractivity contribution is -0.137. The quantitative estimate of drug-likeness (QED) is 0.485. The number of aromatic nitrogens is 1. The molecule has 0 saturated carbocycles. The van der Waals surface area contributed by atoms with Gasteiger partial charge in [-0.3, -0.25) is 14.2 Å². The van der Waals surface area contributed by atoms with Crippen LogP contribution in [0.2, 0.25) is 0 Å². The van der Waals surface area contributed by atoms with Crippen LogP contribution in [-0.2, 0) is 17.4 Å². The number of hydrogen-bond acceptors (Lipinski definition) is 6. The second kappa shape index (κ2) is 10.2. The number of carbonyl (C=O) groups excluding carboxylic acids is 1. The molecular formula is C28H29F3N4O4. The lowest BCUT2D eigenvalue weighted by atomic mass is 9.99. The number of ether oxygens (including phenoxy) is 2. The molecule has 39 heavy (non-hydrogen) atoms. The maximum absolute atomic E-state index is 14.3. The topological polar surface area (TPSA) is 84.8 Å². The van der Waals surface area contributed by atoms with Crippen LogP contribution in [0, 0.1) is 0 Å². The van der Waals surface area contributed by atoms with Gasteiger partial charge < -0.3 is 25.0 Å². The van der Waals surface area contributed by atoms with Crippen molar-refractivity contribution in [1.29, 1.82) is 0 Å².